The van der Waals surface area contributed by atoms with Crippen molar-refractivity contribution in [3.63, 3.8) is 0 Å². The normalized spacial score (nSPS) is 10.5. The van der Waals surface area contributed by atoms with Gasteiger partial charge >= 0.3 is 6.61 Å². The molecule has 4 nitrogen and oxygen atoms in total. The number of halogens is 2. The first-order valence-electron chi connectivity index (χ1n) is 6.96. The second-order valence-corrected chi connectivity index (χ2v) is 4.95. The molecule has 23 heavy (non-hydrogen) atoms. The number of carbonyl (C=O) groups excluding carboxylic acids is 1. The summed E-state index contributed by atoms with van der Waals surface area (Å²) in [6.07, 6.45) is 0.192. The summed E-state index contributed by atoms with van der Waals surface area (Å²) in [5.41, 5.74) is 2.34. The lowest BCUT2D eigenvalue weighted by Gasteiger charge is -2.12. The van der Waals surface area contributed by atoms with Crippen molar-refractivity contribution in [3.05, 3.63) is 53.6 Å². The smallest absolute Gasteiger partial charge is 0.387 e. The first-order chi connectivity index (χ1) is 11.0. The van der Waals surface area contributed by atoms with Gasteiger partial charge in [-0.05, 0) is 24.6 Å². The Morgan fingerprint density at radius 2 is 1.83 bits per heavy atom. The highest BCUT2D eigenvalue weighted by atomic mass is 19.3. The molecule has 0 heterocycles. The molecule has 1 N–H and O–H groups in total. The largest absolute Gasteiger partial charge is 0.493 e. The molecule has 6 heteroatoms. The van der Waals surface area contributed by atoms with Crippen molar-refractivity contribution in [3.8, 4) is 11.5 Å². The van der Waals surface area contributed by atoms with Gasteiger partial charge in [0, 0.05) is 11.8 Å². The van der Waals surface area contributed by atoms with Gasteiger partial charge in [-0.3, -0.25) is 4.79 Å². The van der Waals surface area contributed by atoms with Crippen LogP contribution < -0.4 is 14.8 Å². The predicted octanol–water partition coefficient (Wildman–Crippen LogP) is 3.79. The quantitative estimate of drug-likeness (QED) is 0.880. The van der Waals surface area contributed by atoms with Gasteiger partial charge in [0.15, 0.2) is 11.5 Å². The van der Waals surface area contributed by atoms with Gasteiger partial charge in [-0.1, -0.05) is 29.8 Å². The summed E-state index contributed by atoms with van der Waals surface area (Å²) in [4.78, 5) is 12.0. The summed E-state index contributed by atoms with van der Waals surface area (Å²) in [5, 5.41) is 2.65. The lowest BCUT2D eigenvalue weighted by atomic mass is 10.1. The second-order valence-electron chi connectivity index (χ2n) is 4.95. The maximum Gasteiger partial charge on any atom is 0.387 e. The van der Waals surface area contributed by atoms with Crippen molar-refractivity contribution >= 4 is 11.6 Å². The Morgan fingerprint density at radius 3 is 2.43 bits per heavy atom. The molecule has 0 atom stereocenters. The number of aryl methyl sites for hydroxylation is 1. The summed E-state index contributed by atoms with van der Waals surface area (Å²) < 4.78 is 34.1. The molecule has 0 unspecified atom stereocenters. The summed E-state index contributed by atoms with van der Waals surface area (Å²) in [6, 6.07) is 11.9. The highest BCUT2D eigenvalue weighted by molar-refractivity contribution is 5.92. The van der Waals surface area contributed by atoms with Gasteiger partial charge in [0.2, 0.25) is 5.91 Å². The van der Waals surface area contributed by atoms with E-state index in [1.807, 2.05) is 31.2 Å². The van der Waals surface area contributed by atoms with Crippen molar-refractivity contribution in [2.45, 2.75) is 20.0 Å². The van der Waals surface area contributed by atoms with E-state index in [9.17, 15) is 13.6 Å². The Bertz CT molecular complexity index is 672. The Hall–Kier alpha value is -2.63. The van der Waals surface area contributed by atoms with Crippen LogP contribution in [0.15, 0.2) is 42.5 Å². The van der Waals surface area contributed by atoms with Crippen LogP contribution in [0.1, 0.15) is 11.1 Å². The van der Waals surface area contributed by atoms with E-state index in [2.05, 4.69) is 10.1 Å². The van der Waals surface area contributed by atoms with Crippen LogP contribution in [0.3, 0.4) is 0 Å². The van der Waals surface area contributed by atoms with Crippen LogP contribution in [0.25, 0.3) is 0 Å². The topological polar surface area (TPSA) is 47.6 Å². The molecule has 0 fully saturated rings. The Balaban J connectivity index is 2.06. The lowest BCUT2D eigenvalue weighted by molar-refractivity contribution is -0.115. The van der Waals surface area contributed by atoms with E-state index in [-0.39, 0.29) is 23.8 Å². The second kappa shape index (κ2) is 7.58. The van der Waals surface area contributed by atoms with E-state index < -0.39 is 6.61 Å². The summed E-state index contributed by atoms with van der Waals surface area (Å²) in [5.74, 6) is -0.209. The number of methoxy groups -OCH3 is 1. The Labute approximate surface area is 133 Å². The van der Waals surface area contributed by atoms with E-state index in [0.717, 1.165) is 11.1 Å². The minimum Gasteiger partial charge on any atom is -0.493 e. The van der Waals surface area contributed by atoms with E-state index in [1.165, 1.54) is 19.2 Å². The van der Waals surface area contributed by atoms with Crippen LogP contribution in [0.2, 0.25) is 0 Å². The third kappa shape index (κ3) is 4.95. The number of alkyl halides is 2. The van der Waals surface area contributed by atoms with Gasteiger partial charge in [0.05, 0.1) is 13.5 Å². The zero-order valence-corrected chi connectivity index (χ0v) is 12.8. The molecule has 0 aliphatic carbocycles. The van der Waals surface area contributed by atoms with Gasteiger partial charge in [-0.25, -0.2) is 0 Å². The molecule has 0 aliphatic rings. The van der Waals surface area contributed by atoms with Crippen molar-refractivity contribution in [1.82, 2.24) is 0 Å². The van der Waals surface area contributed by atoms with Crippen LogP contribution in [0, 0.1) is 6.92 Å². The van der Waals surface area contributed by atoms with Gasteiger partial charge < -0.3 is 14.8 Å². The Kier molecular flexibility index (Phi) is 5.51. The molecule has 0 aromatic heterocycles. The fourth-order valence-corrected chi connectivity index (χ4v) is 2.04. The van der Waals surface area contributed by atoms with Crippen LogP contribution in [-0.2, 0) is 11.2 Å². The van der Waals surface area contributed by atoms with Crippen LogP contribution >= 0.6 is 0 Å². The third-order valence-electron chi connectivity index (χ3n) is 3.15. The number of amides is 1. The number of ether oxygens (including phenoxy) is 2. The van der Waals surface area contributed by atoms with E-state index in [0.29, 0.717) is 5.69 Å². The average molecular weight is 321 g/mol. The van der Waals surface area contributed by atoms with Crippen LogP contribution in [-0.4, -0.2) is 19.6 Å². The highest BCUT2D eigenvalue weighted by Crippen LogP contribution is 2.31. The lowest BCUT2D eigenvalue weighted by Crippen LogP contribution is -2.14. The van der Waals surface area contributed by atoms with Gasteiger partial charge in [0.1, 0.15) is 0 Å². The number of benzene rings is 2. The summed E-state index contributed by atoms with van der Waals surface area (Å²) in [6.45, 7) is -1.01. The molecule has 0 radical (unpaired) electrons. The van der Waals surface area contributed by atoms with Gasteiger partial charge in [-0.15, -0.1) is 0 Å². The molecule has 0 spiro atoms. The predicted molar refractivity (Wildman–Crippen MR) is 83.1 cm³/mol. The fraction of sp³-hybridized carbons (Fsp3) is 0.235. The molecular formula is C17H17F2NO3. The van der Waals surface area contributed by atoms with Crippen LogP contribution in [0.4, 0.5) is 14.5 Å². The first kappa shape index (κ1) is 16.7. The van der Waals surface area contributed by atoms with Crippen molar-refractivity contribution < 1.29 is 23.0 Å². The van der Waals surface area contributed by atoms with Crippen molar-refractivity contribution in [2.24, 2.45) is 0 Å². The monoisotopic (exact) mass is 321 g/mol. The molecule has 0 saturated carbocycles. The molecule has 2 aromatic carbocycles. The third-order valence-corrected chi connectivity index (χ3v) is 3.15. The maximum absolute atomic E-state index is 12.4. The zero-order valence-electron chi connectivity index (χ0n) is 12.8. The molecule has 2 aromatic rings. The number of rotatable bonds is 6. The van der Waals surface area contributed by atoms with Crippen LogP contribution in [0.5, 0.6) is 11.5 Å². The number of anilines is 1. The number of hydrogen-bond acceptors (Lipinski definition) is 3. The summed E-state index contributed by atoms with van der Waals surface area (Å²) >= 11 is 0. The molecule has 2 rings (SSSR count). The zero-order chi connectivity index (χ0) is 16.8. The molecule has 0 bridgehead atoms. The maximum atomic E-state index is 12.4. The van der Waals surface area contributed by atoms with Gasteiger partial charge in [0.25, 0.3) is 0 Å². The highest BCUT2D eigenvalue weighted by Gasteiger charge is 2.12. The van der Waals surface area contributed by atoms with Crippen molar-refractivity contribution in [1.29, 1.82) is 0 Å². The summed E-state index contributed by atoms with van der Waals surface area (Å²) in [7, 11) is 1.35. The fourth-order valence-electron chi connectivity index (χ4n) is 2.04. The molecular weight excluding hydrogens is 304 g/mol. The minimum atomic E-state index is -2.97. The first-order valence-corrected chi connectivity index (χ1v) is 6.96. The van der Waals surface area contributed by atoms with E-state index in [1.54, 1.807) is 6.07 Å². The average Bonchev–Trinajstić information content (AvgIpc) is 2.49. The molecule has 1 amide bonds. The molecule has 122 valence electrons. The molecule has 0 aliphatic heterocycles. The minimum absolute atomic E-state index is 0.129. The SMILES string of the molecule is COc1ccc(NC(=O)Cc2ccc(C)cc2)cc1OC(F)F. The standard InChI is InChI=1S/C17H17F2NO3/c1-11-3-5-12(6-4-11)9-16(21)20-13-7-8-14(22-2)15(10-13)23-17(18)19/h3-8,10,17H,9H2,1-2H3,(H,20,21). The van der Waals surface area contributed by atoms with E-state index in [4.69, 9.17) is 4.74 Å². The number of nitrogens with one attached hydrogen (secondary N) is 1. The van der Waals surface area contributed by atoms with Gasteiger partial charge in [-0.2, -0.15) is 8.78 Å². The number of carbonyl (C=O) groups is 1. The Morgan fingerprint density at radius 1 is 1.13 bits per heavy atom. The van der Waals surface area contributed by atoms with Crippen molar-refractivity contribution in [2.75, 3.05) is 12.4 Å². The van der Waals surface area contributed by atoms with E-state index >= 15 is 0 Å². The number of hydrogen-bond donors (Lipinski definition) is 1. The molecule has 0 saturated heterocycles.